The number of benzene rings is 1. The van der Waals surface area contributed by atoms with Crippen molar-refractivity contribution in [1.29, 1.82) is 0 Å². The summed E-state index contributed by atoms with van der Waals surface area (Å²) in [5, 5.41) is 0. The van der Waals surface area contributed by atoms with E-state index in [1.165, 1.54) is 25.7 Å². The van der Waals surface area contributed by atoms with Gasteiger partial charge in [-0.3, -0.25) is 9.69 Å². The molecule has 5 heteroatoms. The lowest BCUT2D eigenvalue weighted by Crippen LogP contribution is -2.49. The average molecular weight is 401 g/mol. The van der Waals surface area contributed by atoms with E-state index in [0.717, 1.165) is 62.8 Å². The summed E-state index contributed by atoms with van der Waals surface area (Å²) < 4.78 is 11.4. The van der Waals surface area contributed by atoms with Crippen LogP contribution in [0, 0.1) is 5.92 Å². The van der Waals surface area contributed by atoms with E-state index in [1.54, 1.807) is 13.2 Å². The summed E-state index contributed by atoms with van der Waals surface area (Å²) in [6.45, 7) is 8.52. The number of methoxy groups -OCH3 is 1. The monoisotopic (exact) mass is 400 g/mol. The zero-order valence-corrected chi connectivity index (χ0v) is 17.9. The first kappa shape index (κ1) is 21.8. The second-order valence-electron chi connectivity index (χ2n) is 8.26. The van der Waals surface area contributed by atoms with Crippen LogP contribution in [-0.2, 0) is 9.53 Å². The minimum Gasteiger partial charge on any atom is -0.497 e. The van der Waals surface area contributed by atoms with Crippen LogP contribution in [0.1, 0.15) is 50.2 Å². The highest BCUT2D eigenvalue weighted by Gasteiger charge is 2.25. The number of hydrogen-bond donors (Lipinski definition) is 0. The van der Waals surface area contributed by atoms with Crippen LogP contribution < -0.4 is 4.74 Å². The molecule has 0 spiro atoms. The van der Waals surface area contributed by atoms with E-state index in [-0.39, 0.29) is 6.10 Å². The van der Waals surface area contributed by atoms with Crippen molar-refractivity contribution in [3.05, 3.63) is 42.5 Å². The Morgan fingerprint density at radius 3 is 2.69 bits per heavy atom. The van der Waals surface area contributed by atoms with Crippen molar-refractivity contribution >= 4 is 5.91 Å². The minimum atomic E-state index is -0.0345. The van der Waals surface area contributed by atoms with Gasteiger partial charge in [-0.15, -0.1) is 6.58 Å². The molecule has 1 heterocycles. The maximum absolute atomic E-state index is 12.6. The van der Waals surface area contributed by atoms with E-state index in [2.05, 4.69) is 22.4 Å². The molecule has 1 aromatic rings. The molecule has 0 bridgehead atoms. The molecule has 0 N–H and O–H groups in total. The highest BCUT2D eigenvalue weighted by atomic mass is 16.5. The SMILES string of the molecule is C=CCOC(CN1CCN(C(=O)CCC2CCCC2)CC1)c1cccc(OC)c1. The van der Waals surface area contributed by atoms with Crippen LogP contribution >= 0.6 is 0 Å². The summed E-state index contributed by atoms with van der Waals surface area (Å²) in [6.07, 6.45) is 8.88. The predicted octanol–water partition coefficient (Wildman–Crippen LogP) is 4.05. The fraction of sp³-hybridized carbons (Fsp3) is 0.625. The third-order valence-corrected chi connectivity index (χ3v) is 6.27. The number of amides is 1. The van der Waals surface area contributed by atoms with Gasteiger partial charge in [0.2, 0.25) is 5.91 Å². The standard InChI is InChI=1S/C24H36N2O3/c1-3-17-29-23(21-9-6-10-22(18-21)28-2)19-25-13-15-26(16-14-25)24(27)12-11-20-7-4-5-8-20/h3,6,9-10,18,20,23H,1,4-5,7-8,11-17,19H2,2H3. The van der Waals surface area contributed by atoms with Gasteiger partial charge in [-0.2, -0.15) is 0 Å². The van der Waals surface area contributed by atoms with Crippen molar-refractivity contribution in [1.82, 2.24) is 9.80 Å². The van der Waals surface area contributed by atoms with E-state index in [9.17, 15) is 4.79 Å². The van der Waals surface area contributed by atoms with Gasteiger partial charge >= 0.3 is 0 Å². The van der Waals surface area contributed by atoms with Gasteiger partial charge in [-0.1, -0.05) is 43.9 Å². The molecule has 29 heavy (non-hydrogen) atoms. The van der Waals surface area contributed by atoms with Crippen LogP contribution in [0.4, 0.5) is 0 Å². The average Bonchev–Trinajstić information content (AvgIpc) is 3.29. The Labute approximate surface area is 175 Å². The Morgan fingerprint density at radius 2 is 2.00 bits per heavy atom. The molecule has 1 aromatic carbocycles. The number of piperazine rings is 1. The van der Waals surface area contributed by atoms with Crippen molar-refractivity contribution in [2.24, 2.45) is 5.92 Å². The number of ether oxygens (including phenoxy) is 2. The van der Waals surface area contributed by atoms with Crippen LogP contribution in [-0.4, -0.2) is 62.1 Å². The molecule has 2 aliphatic rings. The molecular weight excluding hydrogens is 364 g/mol. The highest BCUT2D eigenvalue weighted by Crippen LogP contribution is 2.29. The van der Waals surface area contributed by atoms with Gasteiger partial charge in [0.25, 0.3) is 0 Å². The third kappa shape index (κ3) is 6.58. The first-order chi connectivity index (χ1) is 14.2. The first-order valence-corrected chi connectivity index (χ1v) is 11.1. The van der Waals surface area contributed by atoms with E-state index < -0.39 is 0 Å². The zero-order chi connectivity index (χ0) is 20.5. The lowest BCUT2D eigenvalue weighted by atomic mass is 10.0. The Balaban J connectivity index is 1.48. The van der Waals surface area contributed by atoms with Crippen LogP contribution in [0.15, 0.2) is 36.9 Å². The summed E-state index contributed by atoms with van der Waals surface area (Å²) in [5.74, 6) is 1.96. The maximum Gasteiger partial charge on any atom is 0.222 e. The molecule has 1 aliphatic carbocycles. The topological polar surface area (TPSA) is 42.0 Å². The van der Waals surface area contributed by atoms with Crippen LogP contribution in [0.25, 0.3) is 0 Å². The fourth-order valence-electron chi connectivity index (χ4n) is 4.48. The molecule has 3 rings (SSSR count). The van der Waals surface area contributed by atoms with Gasteiger partial charge in [-0.05, 0) is 30.0 Å². The zero-order valence-electron chi connectivity index (χ0n) is 17.9. The number of carbonyl (C=O) groups is 1. The Bertz CT molecular complexity index is 649. The molecule has 0 radical (unpaired) electrons. The molecule has 2 fully saturated rings. The smallest absolute Gasteiger partial charge is 0.222 e. The number of rotatable bonds is 10. The van der Waals surface area contributed by atoms with E-state index in [4.69, 9.17) is 9.47 Å². The van der Waals surface area contributed by atoms with Gasteiger partial charge in [0.15, 0.2) is 0 Å². The van der Waals surface area contributed by atoms with Gasteiger partial charge in [0.1, 0.15) is 5.75 Å². The van der Waals surface area contributed by atoms with Crippen molar-refractivity contribution in [2.75, 3.05) is 46.4 Å². The minimum absolute atomic E-state index is 0.0345. The largest absolute Gasteiger partial charge is 0.497 e. The van der Waals surface area contributed by atoms with Crippen molar-refractivity contribution in [2.45, 2.75) is 44.6 Å². The molecule has 1 aliphatic heterocycles. The van der Waals surface area contributed by atoms with Gasteiger partial charge in [0, 0.05) is 39.1 Å². The molecule has 0 aromatic heterocycles. The molecule has 1 unspecified atom stereocenters. The number of carbonyl (C=O) groups excluding carboxylic acids is 1. The highest BCUT2D eigenvalue weighted by molar-refractivity contribution is 5.76. The Hall–Kier alpha value is -1.85. The molecule has 160 valence electrons. The number of hydrogen-bond acceptors (Lipinski definition) is 4. The van der Waals surface area contributed by atoms with Crippen LogP contribution in [0.5, 0.6) is 5.75 Å². The number of nitrogens with zero attached hydrogens (tertiary/aromatic N) is 2. The fourth-order valence-corrected chi connectivity index (χ4v) is 4.48. The van der Waals surface area contributed by atoms with Crippen LogP contribution in [0.2, 0.25) is 0 Å². The molecule has 1 saturated carbocycles. The van der Waals surface area contributed by atoms with E-state index in [0.29, 0.717) is 12.5 Å². The first-order valence-electron chi connectivity index (χ1n) is 11.1. The summed E-state index contributed by atoms with van der Waals surface area (Å²) in [4.78, 5) is 17.0. The van der Waals surface area contributed by atoms with Gasteiger partial charge in [0.05, 0.1) is 19.8 Å². The summed E-state index contributed by atoms with van der Waals surface area (Å²) in [5.41, 5.74) is 1.11. The van der Waals surface area contributed by atoms with Crippen LogP contribution in [0.3, 0.4) is 0 Å². The lowest BCUT2D eigenvalue weighted by Gasteiger charge is -2.36. The normalized spacial score (nSPS) is 19.3. The van der Waals surface area contributed by atoms with Crippen molar-refractivity contribution in [3.63, 3.8) is 0 Å². The lowest BCUT2D eigenvalue weighted by molar-refractivity contribution is -0.133. The Morgan fingerprint density at radius 1 is 1.24 bits per heavy atom. The molecule has 5 nitrogen and oxygen atoms in total. The quantitative estimate of drug-likeness (QED) is 0.556. The second-order valence-corrected chi connectivity index (χ2v) is 8.26. The summed E-state index contributed by atoms with van der Waals surface area (Å²) in [7, 11) is 1.68. The van der Waals surface area contributed by atoms with Crippen molar-refractivity contribution < 1.29 is 14.3 Å². The molecule has 1 amide bonds. The predicted molar refractivity (Wildman–Crippen MR) is 116 cm³/mol. The van der Waals surface area contributed by atoms with Crippen molar-refractivity contribution in [3.8, 4) is 5.75 Å². The molecule has 1 saturated heterocycles. The molecular formula is C24H36N2O3. The Kier molecular flexibility index (Phi) is 8.56. The maximum atomic E-state index is 12.6. The van der Waals surface area contributed by atoms with E-state index in [1.807, 2.05) is 18.2 Å². The van der Waals surface area contributed by atoms with E-state index >= 15 is 0 Å². The molecule has 1 atom stereocenters. The second kappa shape index (κ2) is 11.4. The summed E-state index contributed by atoms with van der Waals surface area (Å²) in [6, 6.07) is 8.07. The summed E-state index contributed by atoms with van der Waals surface area (Å²) >= 11 is 0. The third-order valence-electron chi connectivity index (χ3n) is 6.27. The van der Waals surface area contributed by atoms with Gasteiger partial charge < -0.3 is 14.4 Å². The van der Waals surface area contributed by atoms with Gasteiger partial charge in [-0.25, -0.2) is 0 Å².